The number of carbonyl (C=O) groups excluding carboxylic acids is 1. The van der Waals surface area contributed by atoms with Crippen LogP contribution in [0.4, 0.5) is 4.39 Å². The number of nitrogens with zero attached hydrogens (tertiary/aromatic N) is 1. The van der Waals surface area contributed by atoms with Gasteiger partial charge in [-0.25, -0.2) is 9.18 Å². The highest BCUT2D eigenvalue weighted by molar-refractivity contribution is 5.87. The second-order valence-electron chi connectivity index (χ2n) is 3.85. The van der Waals surface area contributed by atoms with Crippen molar-refractivity contribution in [1.29, 1.82) is 5.26 Å². The average Bonchev–Trinajstić information content (AvgIpc) is 2.89. The Morgan fingerprint density at radius 2 is 2.00 bits per heavy atom. The summed E-state index contributed by atoms with van der Waals surface area (Å²) in [5.41, 5.74) is 0.647. The highest BCUT2D eigenvalue weighted by Gasteiger charge is 2.16. The molecule has 1 heterocycles. The molecule has 1 aromatic heterocycles. The van der Waals surface area contributed by atoms with E-state index in [9.17, 15) is 9.18 Å². The minimum absolute atomic E-state index is 0.00132. The van der Waals surface area contributed by atoms with Gasteiger partial charge in [0.15, 0.2) is 6.10 Å². The summed E-state index contributed by atoms with van der Waals surface area (Å²) in [6.07, 6.45) is -0.841. The van der Waals surface area contributed by atoms with Crippen molar-refractivity contribution in [3.63, 3.8) is 0 Å². The number of furan rings is 1. The lowest BCUT2D eigenvalue weighted by atomic mass is 10.2. The molecule has 0 spiro atoms. The maximum absolute atomic E-state index is 12.8. The fraction of sp³-hybridized carbons (Fsp3) is 0.143. The highest BCUT2D eigenvalue weighted by Crippen LogP contribution is 2.22. The fourth-order valence-electron chi connectivity index (χ4n) is 1.46. The number of benzene rings is 1. The maximum atomic E-state index is 12.8. The lowest BCUT2D eigenvalue weighted by Crippen LogP contribution is -2.12. The fourth-order valence-corrected chi connectivity index (χ4v) is 1.46. The number of ether oxygens (including phenoxy) is 1. The maximum Gasteiger partial charge on any atom is 0.375 e. The molecule has 0 saturated heterocycles. The van der Waals surface area contributed by atoms with Gasteiger partial charge in [0.05, 0.1) is 0 Å². The molecular formula is C14H10FNO3. The van der Waals surface area contributed by atoms with Crippen LogP contribution in [0.2, 0.25) is 0 Å². The predicted octanol–water partition coefficient (Wildman–Crippen LogP) is 3.15. The lowest BCUT2D eigenvalue weighted by Gasteiger charge is -2.03. The second kappa shape index (κ2) is 5.36. The van der Waals surface area contributed by atoms with Crippen LogP contribution in [0.5, 0.6) is 0 Å². The summed E-state index contributed by atoms with van der Waals surface area (Å²) in [5, 5.41) is 8.55. The van der Waals surface area contributed by atoms with E-state index in [1.54, 1.807) is 24.3 Å². The molecule has 5 heteroatoms. The largest absolute Gasteiger partial charge is 0.449 e. The molecule has 1 atom stereocenters. The van der Waals surface area contributed by atoms with Crippen molar-refractivity contribution in [1.82, 2.24) is 0 Å². The van der Waals surface area contributed by atoms with Crippen LogP contribution < -0.4 is 0 Å². The number of nitriles is 1. The van der Waals surface area contributed by atoms with E-state index in [1.165, 1.54) is 25.1 Å². The molecule has 0 aliphatic carbocycles. The van der Waals surface area contributed by atoms with Crippen LogP contribution in [-0.2, 0) is 4.74 Å². The van der Waals surface area contributed by atoms with Crippen LogP contribution in [0.15, 0.2) is 40.8 Å². The molecule has 0 fully saturated rings. The monoisotopic (exact) mass is 259 g/mol. The van der Waals surface area contributed by atoms with Gasteiger partial charge in [-0.1, -0.05) is 0 Å². The van der Waals surface area contributed by atoms with Crippen molar-refractivity contribution in [3.8, 4) is 17.4 Å². The van der Waals surface area contributed by atoms with Gasteiger partial charge in [-0.2, -0.15) is 5.26 Å². The molecular weight excluding hydrogens is 249 g/mol. The van der Waals surface area contributed by atoms with Crippen molar-refractivity contribution < 1.29 is 18.3 Å². The van der Waals surface area contributed by atoms with Crippen LogP contribution in [0.1, 0.15) is 17.5 Å². The van der Waals surface area contributed by atoms with Crippen LogP contribution in [-0.4, -0.2) is 12.1 Å². The Balaban J connectivity index is 2.17. The highest BCUT2D eigenvalue weighted by atomic mass is 19.1. The number of esters is 1. The van der Waals surface area contributed by atoms with E-state index in [0.29, 0.717) is 11.3 Å². The Hall–Kier alpha value is -2.61. The molecule has 96 valence electrons. The molecule has 2 aromatic rings. The first-order chi connectivity index (χ1) is 9.10. The molecule has 1 unspecified atom stereocenters. The third-order valence-corrected chi connectivity index (χ3v) is 2.40. The van der Waals surface area contributed by atoms with Crippen LogP contribution in [0.25, 0.3) is 11.3 Å². The summed E-state index contributed by atoms with van der Waals surface area (Å²) in [4.78, 5) is 11.6. The molecule has 0 aliphatic rings. The zero-order chi connectivity index (χ0) is 13.8. The van der Waals surface area contributed by atoms with E-state index in [-0.39, 0.29) is 11.6 Å². The summed E-state index contributed by atoms with van der Waals surface area (Å²) in [6.45, 7) is 1.46. The van der Waals surface area contributed by atoms with Gasteiger partial charge in [0.1, 0.15) is 17.6 Å². The van der Waals surface area contributed by atoms with Gasteiger partial charge in [-0.15, -0.1) is 0 Å². The Kier molecular flexibility index (Phi) is 3.62. The van der Waals surface area contributed by atoms with Gasteiger partial charge in [0.2, 0.25) is 5.76 Å². The molecule has 0 saturated carbocycles. The zero-order valence-corrected chi connectivity index (χ0v) is 10.1. The Bertz CT molecular complexity index is 625. The van der Waals surface area contributed by atoms with E-state index in [1.807, 2.05) is 0 Å². The number of hydrogen-bond acceptors (Lipinski definition) is 4. The smallest absolute Gasteiger partial charge is 0.375 e. The Labute approximate surface area is 109 Å². The molecule has 2 rings (SSSR count). The standard InChI is InChI=1S/C14H10FNO3/c1-9(8-16)18-14(17)13-7-6-12(19-13)10-2-4-11(15)5-3-10/h2-7,9H,1H3. The normalized spacial score (nSPS) is 11.6. The number of hydrogen-bond donors (Lipinski definition) is 0. The van der Waals surface area contributed by atoms with E-state index in [2.05, 4.69) is 0 Å². The number of halogens is 1. The number of carbonyl (C=O) groups is 1. The van der Waals surface area contributed by atoms with Crippen molar-refractivity contribution in [2.45, 2.75) is 13.0 Å². The van der Waals surface area contributed by atoms with E-state index in [0.717, 1.165) is 0 Å². The zero-order valence-electron chi connectivity index (χ0n) is 10.1. The predicted molar refractivity (Wildman–Crippen MR) is 64.6 cm³/mol. The van der Waals surface area contributed by atoms with Crippen molar-refractivity contribution in [3.05, 3.63) is 48.0 Å². The minimum Gasteiger partial charge on any atom is -0.449 e. The Morgan fingerprint density at radius 1 is 1.32 bits per heavy atom. The molecule has 0 N–H and O–H groups in total. The Morgan fingerprint density at radius 3 is 2.63 bits per heavy atom. The summed E-state index contributed by atoms with van der Waals surface area (Å²) >= 11 is 0. The van der Waals surface area contributed by atoms with Gasteiger partial charge in [0, 0.05) is 5.56 Å². The van der Waals surface area contributed by atoms with Gasteiger partial charge in [-0.05, 0) is 43.3 Å². The molecule has 0 amide bonds. The van der Waals surface area contributed by atoms with Crippen molar-refractivity contribution >= 4 is 5.97 Å². The summed E-state index contributed by atoms with van der Waals surface area (Å²) in [5.74, 6) is -0.627. The molecule has 0 bridgehead atoms. The molecule has 4 nitrogen and oxygen atoms in total. The molecule has 19 heavy (non-hydrogen) atoms. The second-order valence-corrected chi connectivity index (χ2v) is 3.85. The first-order valence-corrected chi connectivity index (χ1v) is 5.56. The average molecular weight is 259 g/mol. The van der Waals surface area contributed by atoms with Crippen LogP contribution in [0, 0.1) is 17.1 Å². The third kappa shape index (κ3) is 2.99. The van der Waals surface area contributed by atoms with Gasteiger partial charge >= 0.3 is 5.97 Å². The van der Waals surface area contributed by atoms with E-state index >= 15 is 0 Å². The molecule has 0 radical (unpaired) electrons. The summed E-state index contributed by atoms with van der Waals surface area (Å²) in [6, 6.07) is 10.5. The number of rotatable bonds is 3. The topological polar surface area (TPSA) is 63.2 Å². The van der Waals surface area contributed by atoms with E-state index < -0.39 is 12.1 Å². The molecule has 0 aliphatic heterocycles. The lowest BCUT2D eigenvalue weighted by molar-refractivity contribution is 0.0400. The summed E-state index contributed by atoms with van der Waals surface area (Å²) < 4.78 is 22.9. The minimum atomic E-state index is -0.841. The van der Waals surface area contributed by atoms with Crippen LogP contribution >= 0.6 is 0 Å². The molecule has 1 aromatic carbocycles. The SMILES string of the molecule is CC(C#N)OC(=O)c1ccc(-c2ccc(F)cc2)o1. The first kappa shape index (κ1) is 12.8. The van der Waals surface area contributed by atoms with E-state index in [4.69, 9.17) is 14.4 Å². The van der Waals surface area contributed by atoms with Gasteiger partial charge < -0.3 is 9.15 Å². The van der Waals surface area contributed by atoms with Crippen molar-refractivity contribution in [2.75, 3.05) is 0 Å². The van der Waals surface area contributed by atoms with Crippen LogP contribution in [0.3, 0.4) is 0 Å². The third-order valence-electron chi connectivity index (χ3n) is 2.40. The van der Waals surface area contributed by atoms with Gasteiger partial charge in [0.25, 0.3) is 0 Å². The summed E-state index contributed by atoms with van der Waals surface area (Å²) in [7, 11) is 0. The quantitative estimate of drug-likeness (QED) is 0.794. The van der Waals surface area contributed by atoms with Crippen molar-refractivity contribution in [2.24, 2.45) is 0 Å². The van der Waals surface area contributed by atoms with Gasteiger partial charge in [-0.3, -0.25) is 0 Å². The first-order valence-electron chi connectivity index (χ1n) is 5.56.